The molecule has 1 heterocycles. The molecule has 2 nitrogen and oxygen atoms in total. The topological polar surface area (TPSA) is 29.5 Å². The van der Waals surface area contributed by atoms with Gasteiger partial charge in [0.05, 0.1) is 6.10 Å². The van der Waals surface area contributed by atoms with Gasteiger partial charge in [-0.1, -0.05) is 41.5 Å². The van der Waals surface area contributed by atoms with Gasteiger partial charge in [-0.3, -0.25) is 0 Å². The van der Waals surface area contributed by atoms with Crippen LogP contribution in [0.2, 0.25) is 0 Å². The highest BCUT2D eigenvalue weighted by molar-refractivity contribution is 4.84. The molecule has 1 N–H and O–H groups in total. The molecule has 0 aromatic carbocycles. The van der Waals surface area contributed by atoms with Gasteiger partial charge in [-0.25, -0.2) is 0 Å². The summed E-state index contributed by atoms with van der Waals surface area (Å²) >= 11 is 0. The maximum absolute atomic E-state index is 9.81. The molecule has 90 valence electrons. The lowest BCUT2D eigenvalue weighted by molar-refractivity contribution is -0.230. The molecule has 0 aromatic rings. The van der Waals surface area contributed by atoms with Crippen molar-refractivity contribution in [3.8, 4) is 0 Å². The Kier molecular flexibility index (Phi) is 3.83. The summed E-state index contributed by atoms with van der Waals surface area (Å²) in [6, 6.07) is 0. The quantitative estimate of drug-likeness (QED) is 0.727. The number of hydrogen-bond donors (Lipinski definition) is 1. The molecular formula is C13H26O2. The zero-order valence-corrected chi connectivity index (χ0v) is 10.9. The van der Waals surface area contributed by atoms with Gasteiger partial charge in [0.25, 0.3) is 0 Å². The highest BCUT2D eigenvalue weighted by atomic mass is 16.6. The minimum Gasteiger partial charge on any atom is -0.368 e. The lowest BCUT2D eigenvalue weighted by Crippen LogP contribution is -2.45. The second kappa shape index (κ2) is 4.42. The Labute approximate surface area is 94.0 Å². The first-order valence-corrected chi connectivity index (χ1v) is 6.06. The minimum absolute atomic E-state index is 0.200. The molecule has 0 amide bonds. The summed E-state index contributed by atoms with van der Waals surface area (Å²) in [5.74, 6) is 1.31. The fourth-order valence-electron chi connectivity index (χ4n) is 2.34. The van der Waals surface area contributed by atoms with Crippen molar-refractivity contribution >= 4 is 0 Å². The number of aliphatic hydroxyl groups excluding tert-OH is 1. The third-order valence-corrected chi connectivity index (χ3v) is 3.82. The van der Waals surface area contributed by atoms with Gasteiger partial charge in [-0.2, -0.15) is 0 Å². The minimum atomic E-state index is -0.580. The van der Waals surface area contributed by atoms with E-state index >= 15 is 0 Å². The van der Waals surface area contributed by atoms with Crippen molar-refractivity contribution in [2.45, 2.75) is 60.4 Å². The number of rotatable bonds is 1. The molecule has 2 unspecified atom stereocenters. The van der Waals surface area contributed by atoms with Crippen molar-refractivity contribution < 1.29 is 9.84 Å². The van der Waals surface area contributed by atoms with E-state index in [-0.39, 0.29) is 17.4 Å². The van der Waals surface area contributed by atoms with E-state index in [9.17, 15) is 5.11 Å². The van der Waals surface area contributed by atoms with E-state index < -0.39 is 6.29 Å². The first-order valence-electron chi connectivity index (χ1n) is 6.06. The molecule has 0 aromatic heterocycles. The Hall–Kier alpha value is -0.0800. The monoisotopic (exact) mass is 214 g/mol. The van der Waals surface area contributed by atoms with Crippen LogP contribution in [0.25, 0.3) is 0 Å². The van der Waals surface area contributed by atoms with Crippen molar-refractivity contribution in [3.63, 3.8) is 0 Å². The van der Waals surface area contributed by atoms with Gasteiger partial charge in [0, 0.05) is 5.92 Å². The molecule has 1 aliphatic rings. The van der Waals surface area contributed by atoms with E-state index in [2.05, 4.69) is 41.5 Å². The lowest BCUT2D eigenvalue weighted by atomic mass is 9.74. The van der Waals surface area contributed by atoms with Gasteiger partial charge in [0.15, 0.2) is 6.29 Å². The first kappa shape index (κ1) is 13.0. The van der Waals surface area contributed by atoms with Crippen LogP contribution in [0.5, 0.6) is 0 Å². The molecule has 5 atom stereocenters. The van der Waals surface area contributed by atoms with E-state index in [1.54, 1.807) is 0 Å². The van der Waals surface area contributed by atoms with E-state index in [1.165, 1.54) is 0 Å². The van der Waals surface area contributed by atoms with Crippen LogP contribution in [0.15, 0.2) is 0 Å². The molecule has 1 aliphatic heterocycles. The Bertz CT molecular complexity index is 207. The lowest BCUT2D eigenvalue weighted by Gasteiger charge is -2.43. The molecule has 1 fully saturated rings. The fraction of sp³-hybridized carbons (Fsp3) is 1.00. The van der Waals surface area contributed by atoms with Crippen molar-refractivity contribution in [3.05, 3.63) is 0 Å². The van der Waals surface area contributed by atoms with Gasteiger partial charge >= 0.3 is 0 Å². The molecule has 0 radical (unpaired) electrons. The third-order valence-electron chi connectivity index (χ3n) is 3.82. The smallest absolute Gasteiger partial charge is 0.157 e. The molecule has 15 heavy (non-hydrogen) atoms. The predicted molar refractivity (Wildman–Crippen MR) is 62.4 cm³/mol. The average molecular weight is 214 g/mol. The molecule has 0 bridgehead atoms. The van der Waals surface area contributed by atoms with Crippen LogP contribution in [0.1, 0.15) is 48.0 Å². The second-order valence-electron chi connectivity index (χ2n) is 6.41. The summed E-state index contributed by atoms with van der Waals surface area (Å²) in [5, 5.41) is 9.81. The van der Waals surface area contributed by atoms with Crippen LogP contribution >= 0.6 is 0 Å². The molecule has 1 saturated heterocycles. The number of ether oxygens (including phenoxy) is 1. The largest absolute Gasteiger partial charge is 0.368 e. The molecule has 1 rings (SSSR count). The van der Waals surface area contributed by atoms with E-state index in [0.717, 1.165) is 6.42 Å². The summed E-state index contributed by atoms with van der Waals surface area (Å²) in [7, 11) is 0. The van der Waals surface area contributed by atoms with Crippen LogP contribution in [-0.2, 0) is 4.74 Å². The zero-order chi connectivity index (χ0) is 11.8. The Morgan fingerprint density at radius 2 is 1.53 bits per heavy atom. The summed E-state index contributed by atoms with van der Waals surface area (Å²) in [6.45, 7) is 13.2. The van der Waals surface area contributed by atoms with Crippen molar-refractivity contribution in [2.24, 2.45) is 23.2 Å². The second-order valence-corrected chi connectivity index (χ2v) is 6.41. The molecular weight excluding hydrogens is 188 g/mol. The van der Waals surface area contributed by atoms with E-state index in [4.69, 9.17) is 4.74 Å². The van der Waals surface area contributed by atoms with Gasteiger partial charge in [-0.05, 0) is 23.7 Å². The normalized spacial score (nSPS) is 43.0. The Morgan fingerprint density at radius 3 is 2.00 bits per heavy atom. The van der Waals surface area contributed by atoms with Crippen LogP contribution in [-0.4, -0.2) is 17.5 Å². The Morgan fingerprint density at radius 1 is 1.00 bits per heavy atom. The van der Waals surface area contributed by atoms with E-state index in [1.807, 2.05) is 0 Å². The van der Waals surface area contributed by atoms with Crippen LogP contribution < -0.4 is 0 Å². The van der Waals surface area contributed by atoms with Crippen molar-refractivity contribution in [1.29, 1.82) is 0 Å². The average Bonchev–Trinajstić information content (AvgIpc) is 2.08. The maximum atomic E-state index is 9.81. The van der Waals surface area contributed by atoms with Crippen LogP contribution in [0, 0.1) is 23.2 Å². The van der Waals surface area contributed by atoms with Crippen molar-refractivity contribution in [1.82, 2.24) is 0 Å². The summed E-state index contributed by atoms with van der Waals surface area (Å²) in [5.41, 5.74) is 0.263. The number of aliphatic hydroxyl groups is 1. The predicted octanol–water partition coefficient (Wildman–Crippen LogP) is 3.05. The summed E-state index contributed by atoms with van der Waals surface area (Å²) < 4.78 is 5.71. The number of hydrogen-bond acceptors (Lipinski definition) is 2. The fourth-order valence-corrected chi connectivity index (χ4v) is 2.34. The SMILES string of the molecule is CC1[C@@H](C)[C@H](C)C(CC(C)(C)C)O[C@@H]1O. The third kappa shape index (κ3) is 3.18. The highest BCUT2D eigenvalue weighted by Gasteiger charge is 2.39. The Balaban J connectivity index is 2.67. The van der Waals surface area contributed by atoms with Gasteiger partial charge < -0.3 is 9.84 Å². The van der Waals surface area contributed by atoms with E-state index in [0.29, 0.717) is 11.8 Å². The zero-order valence-electron chi connectivity index (χ0n) is 10.9. The molecule has 0 aliphatic carbocycles. The van der Waals surface area contributed by atoms with Crippen LogP contribution in [0.3, 0.4) is 0 Å². The van der Waals surface area contributed by atoms with Gasteiger partial charge in [0.2, 0.25) is 0 Å². The van der Waals surface area contributed by atoms with Gasteiger partial charge in [-0.15, -0.1) is 0 Å². The summed E-state index contributed by atoms with van der Waals surface area (Å²) in [6.07, 6.45) is 0.636. The van der Waals surface area contributed by atoms with Gasteiger partial charge in [0.1, 0.15) is 0 Å². The van der Waals surface area contributed by atoms with Crippen LogP contribution in [0.4, 0.5) is 0 Å². The first-order chi connectivity index (χ1) is 6.72. The highest BCUT2D eigenvalue weighted by Crippen LogP contribution is 2.38. The maximum Gasteiger partial charge on any atom is 0.157 e. The molecule has 2 heteroatoms. The standard InChI is InChI=1S/C13H26O2/c1-8-9(2)11(7-13(4,5)6)15-12(14)10(8)3/h8-12,14H,7H2,1-6H3/t8-,9-,10?,11?,12-/m0/s1. The summed E-state index contributed by atoms with van der Waals surface area (Å²) in [4.78, 5) is 0. The van der Waals surface area contributed by atoms with Crippen molar-refractivity contribution in [2.75, 3.05) is 0 Å². The molecule has 0 spiro atoms. The molecule has 0 saturated carbocycles.